The van der Waals surface area contributed by atoms with Crippen LogP contribution in [0.4, 0.5) is 4.79 Å². The number of rotatable bonds is 7. The zero-order valence-corrected chi connectivity index (χ0v) is 16.8. The Labute approximate surface area is 166 Å². The van der Waals surface area contributed by atoms with E-state index >= 15 is 0 Å². The number of nitrogens with one attached hydrogen (secondary N) is 2. The molecule has 0 aliphatic carbocycles. The second-order valence-corrected chi connectivity index (χ2v) is 7.85. The van der Waals surface area contributed by atoms with Gasteiger partial charge in [0.1, 0.15) is 13.2 Å². The van der Waals surface area contributed by atoms with E-state index in [0.29, 0.717) is 42.8 Å². The molecule has 0 radical (unpaired) electrons. The van der Waals surface area contributed by atoms with E-state index in [1.807, 2.05) is 6.07 Å². The predicted octanol–water partition coefficient (Wildman–Crippen LogP) is 3.42. The van der Waals surface area contributed by atoms with Crippen LogP contribution in [0.25, 0.3) is 0 Å². The van der Waals surface area contributed by atoms with Crippen molar-refractivity contribution in [3.05, 3.63) is 22.7 Å². The molecule has 1 saturated heterocycles. The van der Waals surface area contributed by atoms with Gasteiger partial charge in [0.05, 0.1) is 5.02 Å². The molecule has 2 aliphatic rings. The van der Waals surface area contributed by atoms with Gasteiger partial charge in [-0.3, -0.25) is 0 Å². The Morgan fingerprint density at radius 3 is 2.78 bits per heavy atom. The number of fused-ring (bicyclic) bond motifs is 1. The Morgan fingerprint density at radius 2 is 1.96 bits per heavy atom. The van der Waals surface area contributed by atoms with E-state index in [2.05, 4.69) is 22.5 Å². The molecular weight excluding hydrogens is 366 g/mol. The number of hydrogen-bond acceptors (Lipinski definition) is 4. The van der Waals surface area contributed by atoms with E-state index in [9.17, 15) is 4.79 Å². The first kappa shape index (κ1) is 20.1. The molecule has 3 rings (SSSR count). The molecule has 1 aromatic rings. The lowest BCUT2D eigenvalue weighted by Crippen LogP contribution is -2.36. The highest BCUT2D eigenvalue weighted by atomic mass is 35.5. The Bertz CT molecular complexity index is 633. The van der Waals surface area contributed by atoms with Crippen molar-refractivity contribution < 1.29 is 14.3 Å². The maximum Gasteiger partial charge on any atom is 0.315 e. The Kier molecular flexibility index (Phi) is 7.47. The van der Waals surface area contributed by atoms with Crippen LogP contribution in [0.5, 0.6) is 11.5 Å². The highest BCUT2D eigenvalue weighted by Gasteiger charge is 2.17. The second kappa shape index (κ2) is 10.0. The number of urea groups is 1. The quantitative estimate of drug-likeness (QED) is 0.694. The number of carbonyl (C=O) groups is 1. The lowest BCUT2D eigenvalue weighted by Gasteiger charge is -2.30. The third-order valence-electron chi connectivity index (χ3n) is 5.17. The molecule has 150 valence electrons. The van der Waals surface area contributed by atoms with E-state index in [0.717, 1.165) is 30.9 Å². The number of piperidine rings is 1. The van der Waals surface area contributed by atoms with Crippen LogP contribution in [-0.2, 0) is 6.54 Å². The van der Waals surface area contributed by atoms with Gasteiger partial charge >= 0.3 is 6.03 Å². The fourth-order valence-corrected chi connectivity index (χ4v) is 3.75. The molecule has 0 unspecified atom stereocenters. The SMILES string of the molecule is CC1CCN(CCCCNC(=O)NCc2cc(Cl)c3c(c2)OCCO3)CC1. The summed E-state index contributed by atoms with van der Waals surface area (Å²) < 4.78 is 11.1. The molecule has 1 aromatic carbocycles. The van der Waals surface area contributed by atoms with E-state index in [4.69, 9.17) is 21.1 Å². The number of nitrogens with zero attached hydrogens (tertiary/aromatic N) is 1. The van der Waals surface area contributed by atoms with Crippen LogP contribution >= 0.6 is 11.6 Å². The summed E-state index contributed by atoms with van der Waals surface area (Å²) in [5, 5.41) is 6.29. The fourth-order valence-electron chi connectivity index (χ4n) is 3.46. The first-order chi connectivity index (χ1) is 13.1. The zero-order chi connectivity index (χ0) is 19.1. The molecule has 2 amide bonds. The molecule has 1 fully saturated rings. The van der Waals surface area contributed by atoms with Gasteiger partial charge in [0.2, 0.25) is 0 Å². The summed E-state index contributed by atoms with van der Waals surface area (Å²) in [7, 11) is 0. The van der Waals surface area contributed by atoms with Crippen molar-refractivity contribution in [1.29, 1.82) is 0 Å². The third-order valence-corrected chi connectivity index (χ3v) is 5.45. The van der Waals surface area contributed by atoms with E-state index in [1.54, 1.807) is 6.07 Å². The molecule has 0 aromatic heterocycles. The molecule has 27 heavy (non-hydrogen) atoms. The minimum absolute atomic E-state index is 0.159. The normalized spacial score (nSPS) is 17.6. The molecule has 2 heterocycles. The number of ether oxygens (including phenoxy) is 2. The van der Waals surface area contributed by atoms with Gasteiger partial charge in [0, 0.05) is 13.1 Å². The number of halogens is 1. The molecule has 6 nitrogen and oxygen atoms in total. The lowest BCUT2D eigenvalue weighted by molar-refractivity contribution is 0.171. The Morgan fingerprint density at radius 1 is 1.19 bits per heavy atom. The molecule has 0 atom stereocenters. The van der Waals surface area contributed by atoms with Crippen molar-refractivity contribution >= 4 is 17.6 Å². The minimum Gasteiger partial charge on any atom is -0.486 e. The summed E-state index contributed by atoms with van der Waals surface area (Å²) in [5.74, 6) is 2.09. The largest absolute Gasteiger partial charge is 0.486 e. The van der Waals surface area contributed by atoms with Crippen LogP contribution < -0.4 is 20.1 Å². The van der Waals surface area contributed by atoms with Gasteiger partial charge in [0.15, 0.2) is 11.5 Å². The smallest absolute Gasteiger partial charge is 0.315 e. The summed E-state index contributed by atoms with van der Waals surface area (Å²) >= 11 is 6.22. The average Bonchev–Trinajstić information content (AvgIpc) is 2.67. The summed E-state index contributed by atoms with van der Waals surface area (Å²) in [6.07, 6.45) is 4.73. The van der Waals surface area contributed by atoms with E-state index < -0.39 is 0 Å². The molecule has 0 saturated carbocycles. The molecule has 0 bridgehead atoms. The van der Waals surface area contributed by atoms with Gasteiger partial charge in [-0.2, -0.15) is 0 Å². The van der Waals surface area contributed by atoms with Crippen LogP contribution in [-0.4, -0.2) is 50.3 Å². The highest BCUT2D eigenvalue weighted by molar-refractivity contribution is 6.32. The van der Waals surface area contributed by atoms with E-state index in [-0.39, 0.29) is 6.03 Å². The summed E-state index contributed by atoms with van der Waals surface area (Å²) in [4.78, 5) is 14.5. The van der Waals surface area contributed by atoms with Crippen molar-refractivity contribution in [2.45, 2.75) is 39.2 Å². The summed E-state index contributed by atoms with van der Waals surface area (Å²) in [5.41, 5.74) is 0.888. The van der Waals surface area contributed by atoms with Gasteiger partial charge in [-0.25, -0.2) is 4.79 Å². The number of carbonyl (C=O) groups excluding carboxylic acids is 1. The Balaban J connectivity index is 1.30. The third kappa shape index (κ3) is 6.18. The summed E-state index contributed by atoms with van der Waals surface area (Å²) in [6, 6.07) is 3.50. The number of amides is 2. The number of hydrogen-bond donors (Lipinski definition) is 2. The standard InChI is InChI=1S/C20H30ClN3O3/c1-15-4-8-24(9-5-15)7-3-2-6-22-20(25)23-14-16-12-17(21)19-18(13-16)26-10-11-27-19/h12-13,15H,2-11,14H2,1H3,(H2,22,23,25). The maximum atomic E-state index is 12.0. The molecule has 7 heteroatoms. The number of unbranched alkanes of at least 4 members (excludes halogenated alkanes) is 1. The van der Waals surface area contributed by atoms with E-state index in [1.165, 1.54) is 25.9 Å². The molecule has 0 spiro atoms. The van der Waals surface area contributed by atoms with Crippen LogP contribution in [0.1, 0.15) is 38.2 Å². The molecular formula is C20H30ClN3O3. The van der Waals surface area contributed by atoms with Crippen molar-refractivity contribution in [3.63, 3.8) is 0 Å². The Hall–Kier alpha value is -1.66. The van der Waals surface area contributed by atoms with Crippen LogP contribution in [0.3, 0.4) is 0 Å². The molecule has 2 N–H and O–H groups in total. The number of likely N-dealkylation sites (tertiary alicyclic amines) is 1. The first-order valence-electron chi connectivity index (χ1n) is 9.94. The van der Waals surface area contributed by atoms with Crippen LogP contribution in [0, 0.1) is 5.92 Å². The van der Waals surface area contributed by atoms with Crippen molar-refractivity contribution in [1.82, 2.24) is 15.5 Å². The van der Waals surface area contributed by atoms with Crippen LogP contribution in [0.2, 0.25) is 5.02 Å². The zero-order valence-electron chi connectivity index (χ0n) is 16.1. The molecule has 2 aliphatic heterocycles. The predicted molar refractivity (Wildman–Crippen MR) is 107 cm³/mol. The van der Waals surface area contributed by atoms with Gasteiger partial charge in [0.25, 0.3) is 0 Å². The number of benzene rings is 1. The van der Waals surface area contributed by atoms with Gasteiger partial charge < -0.3 is 25.0 Å². The topological polar surface area (TPSA) is 62.8 Å². The first-order valence-corrected chi connectivity index (χ1v) is 10.3. The van der Waals surface area contributed by atoms with Gasteiger partial charge in [-0.1, -0.05) is 18.5 Å². The van der Waals surface area contributed by atoms with Crippen molar-refractivity contribution in [2.75, 3.05) is 39.4 Å². The lowest BCUT2D eigenvalue weighted by atomic mass is 9.99. The van der Waals surface area contributed by atoms with Crippen molar-refractivity contribution in [3.8, 4) is 11.5 Å². The average molecular weight is 396 g/mol. The maximum absolute atomic E-state index is 12.0. The van der Waals surface area contributed by atoms with Gasteiger partial charge in [-0.05, 0) is 68.9 Å². The minimum atomic E-state index is -0.159. The second-order valence-electron chi connectivity index (χ2n) is 7.44. The summed E-state index contributed by atoms with van der Waals surface area (Å²) in [6.45, 7) is 8.00. The van der Waals surface area contributed by atoms with Crippen molar-refractivity contribution in [2.24, 2.45) is 5.92 Å². The monoisotopic (exact) mass is 395 g/mol. The van der Waals surface area contributed by atoms with Gasteiger partial charge in [-0.15, -0.1) is 0 Å². The fraction of sp³-hybridized carbons (Fsp3) is 0.650. The van der Waals surface area contributed by atoms with Crippen LogP contribution in [0.15, 0.2) is 12.1 Å². The highest BCUT2D eigenvalue weighted by Crippen LogP contribution is 2.38.